The minimum atomic E-state index is -1.00. The Hall–Kier alpha value is -1.82. The van der Waals surface area contributed by atoms with Gasteiger partial charge >= 0.3 is 6.09 Å². The molecular weight excluding hydrogens is 335 g/mol. The van der Waals surface area contributed by atoms with E-state index in [9.17, 15) is 19.4 Å². The van der Waals surface area contributed by atoms with Crippen molar-refractivity contribution in [1.82, 2.24) is 5.32 Å². The molecule has 2 unspecified atom stereocenters. The number of halogens is 1. The Labute approximate surface area is 154 Å². The van der Waals surface area contributed by atoms with Gasteiger partial charge in [-0.1, -0.05) is 6.07 Å². The number of rotatable bonds is 4. The third-order valence-corrected chi connectivity index (χ3v) is 5.95. The fourth-order valence-corrected chi connectivity index (χ4v) is 4.61. The summed E-state index contributed by atoms with van der Waals surface area (Å²) in [6.07, 6.45) is 3.72. The Morgan fingerprint density at radius 3 is 2.62 bits per heavy atom. The number of carboxylic acid groups (broad SMARTS) is 1. The maximum Gasteiger partial charge on any atom is 0.404 e. The summed E-state index contributed by atoms with van der Waals surface area (Å²) in [4.78, 5) is 13.4. The second-order valence-electron chi connectivity index (χ2n) is 7.85. The summed E-state index contributed by atoms with van der Waals surface area (Å²) in [6, 6.07) is 5.15. The van der Waals surface area contributed by atoms with E-state index in [1.807, 2.05) is 19.1 Å². The lowest BCUT2D eigenvalue weighted by atomic mass is 9.75. The van der Waals surface area contributed by atoms with Crippen molar-refractivity contribution in [2.45, 2.75) is 57.6 Å². The zero-order valence-electron chi connectivity index (χ0n) is 15.3. The van der Waals surface area contributed by atoms with E-state index in [0.29, 0.717) is 12.2 Å². The first-order chi connectivity index (χ1) is 12.4. The van der Waals surface area contributed by atoms with Crippen molar-refractivity contribution in [3.63, 3.8) is 0 Å². The number of aliphatic hydroxyl groups is 1. The van der Waals surface area contributed by atoms with E-state index in [1.165, 1.54) is 0 Å². The molecule has 1 heterocycles. The number of nitrogens with one attached hydrogen (secondary N) is 1. The van der Waals surface area contributed by atoms with Crippen LogP contribution < -0.4 is 10.2 Å². The first kappa shape index (κ1) is 19.0. The smallest absolute Gasteiger partial charge is 0.404 e. The number of benzene rings is 1. The van der Waals surface area contributed by atoms with E-state index >= 15 is 0 Å². The van der Waals surface area contributed by atoms with E-state index in [2.05, 4.69) is 10.2 Å². The summed E-state index contributed by atoms with van der Waals surface area (Å²) in [6.45, 7) is 3.32. The van der Waals surface area contributed by atoms with Gasteiger partial charge in [-0.05, 0) is 75.0 Å². The third kappa shape index (κ3) is 4.47. The van der Waals surface area contributed by atoms with Crippen LogP contribution in [0.4, 0.5) is 14.9 Å². The van der Waals surface area contributed by atoms with E-state index in [0.717, 1.165) is 50.6 Å². The lowest BCUT2D eigenvalue weighted by Gasteiger charge is -2.42. The van der Waals surface area contributed by atoms with Gasteiger partial charge in [-0.3, -0.25) is 0 Å². The fourth-order valence-electron chi connectivity index (χ4n) is 4.61. The Bertz CT molecular complexity index is 631. The highest BCUT2D eigenvalue weighted by Crippen LogP contribution is 2.35. The molecule has 144 valence electrons. The Kier molecular flexibility index (Phi) is 6.01. The molecule has 1 saturated heterocycles. The molecule has 0 spiro atoms. The maximum absolute atomic E-state index is 14.4. The maximum atomic E-state index is 14.4. The van der Waals surface area contributed by atoms with E-state index in [4.69, 9.17) is 0 Å². The number of nitrogens with zero attached hydrogens (tertiary/aromatic N) is 1. The molecule has 1 aliphatic heterocycles. The topological polar surface area (TPSA) is 72.8 Å². The highest BCUT2D eigenvalue weighted by Gasteiger charge is 2.36. The molecule has 1 amide bonds. The minimum absolute atomic E-state index is 0.142. The van der Waals surface area contributed by atoms with Crippen LogP contribution in [0.1, 0.15) is 44.1 Å². The van der Waals surface area contributed by atoms with Crippen LogP contribution in [-0.4, -0.2) is 41.5 Å². The van der Waals surface area contributed by atoms with Gasteiger partial charge in [-0.15, -0.1) is 0 Å². The highest BCUT2D eigenvalue weighted by atomic mass is 19.1. The normalized spacial score (nSPS) is 27.8. The van der Waals surface area contributed by atoms with Gasteiger partial charge in [-0.25, -0.2) is 9.18 Å². The number of piperidine rings is 1. The molecule has 2 aliphatic rings. The number of amides is 1. The van der Waals surface area contributed by atoms with Crippen LogP contribution in [0.2, 0.25) is 0 Å². The summed E-state index contributed by atoms with van der Waals surface area (Å²) in [7, 11) is 0. The molecule has 26 heavy (non-hydrogen) atoms. The van der Waals surface area contributed by atoms with E-state index in [1.54, 1.807) is 6.07 Å². The third-order valence-electron chi connectivity index (χ3n) is 5.95. The average Bonchev–Trinajstić information content (AvgIpc) is 2.60. The fraction of sp³-hybridized carbons (Fsp3) is 0.650. The number of aryl methyl sites for hydroxylation is 1. The molecule has 0 radical (unpaired) electrons. The van der Waals surface area contributed by atoms with E-state index < -0.39 is 6.09 Å². The zero-order valence-corrected chi connectivity index (χ0v) is 15.3. The largest absolute Gasteiger partial charge is 0.465 e. The monoisotopic (exact) mass is 364 g/mol. The molecule has 2 atom stereocenters. The Balaban J connectivity index is 1.74. The van der Waals surface area contributed by atoms with E-state index in [-0.39, 0.29) is 29.8 Å². The van der Waals surface area contributed by atoms with Crippen LogP contribution in [0.3, 0.4) is 0 Å². The standard InChI is InChI=1S/C20H29FN2O3/c1-13-4-9-18(17(21)11-13)23-10-2-3-15(12-23)19(22-20(25)26)14-5-7-16(24)8-6-14/h4,9,11,14-16,19,22,24H,2-3,5-8,10,12H2,1H3,(H,25,26). The molecule has 5 nitrogen and oxygen atoms in total. The van der Waals surface area contributed by atoms with Crippen molar-refractivity contribution in [3.05, 3.63) is 29.6 Å². The van der Waals surface area contributed by atoms with Gasteiger partial charge < -0.3 is 20.4 Å². The number of hydrogen-bond donors (Lipinski definition) is 3. The zero-order chi connectivity index (χ0) is 18.7. The number of hydrogen-bond acceptors (Lipinski definition) is 3. The van der Waals surface area contributed by atoms with Crippen LogP contribution in [0.15, 0.2) is 18.2 Å². The SMILES string of the molecule is Cc1ccc(N2CCCC(C(NC(=O)O)C3CCC(O)CC3)C2)c(F)c1. The Morgan fingerprint density at radius 2 is 1.96 bits per heavy atom. The molecule has 1 aromatic rings. The summed E-state index contributed by atoms with van der Waals surface area (Å²) in [5.41, 5.74) is 1.50. The second kappa shape index (κ2) is 8.25. The molecule has 1 aromatic carbocycles. The van der Waals surface area contributed by atoms with Gasteiger partial charge in [0.2, 0.25) is 0 Å². The highest BCUT2D eigenvalue weighted by molar-refractivity contribution is 5.65. The van der Waals surface area contributed by atoms with Crippen LogP contribution in [0.25, 0.3) is 0 Å². The van der Waals surface area contributed by atoms with Gasteiger partial charge in [0.1, 0.15) is 5.82 Å². The molecule has 0 aromatic heterocycles. The van der Waals surface area contributed by atoms with Crippen molar-refractivity contribution in [2.75, 3.05) is 18.0 Å². The summed E-state index contributed by atoms with van der Waals surface area (Å²) in [5.74, 6) is 0.178. The van der Waals surface area contributed by atoms with Crippen LogP contribution in [0, 0.1) is 24.6 Å². The first-order valence-corrected chi connectivity index (χ1v) is 9.62. The second-order valence-corrected chi connectivity index (χ2v) is 7.85. The quantitative estimate of drug-likeness (QED) is 0.764. The molecule has 0 bridgehead atoms. The molecule has 2 fully saturated rings. The predicted octanol–water partition coefficient (Wildman–Crippen LogP) is 3.54. The van der Waals surface area contributed by atoms with Crippen molar-refractivity contribution in [2.24, 2.45) is 11.8 Å². The predicted molar refractivity (Wildman–Crippen MR) is 99.0 cm³/mol. The van der Waals surface area contributed by atoms with Crippen molar-refractivity contribution < 1.29 is 19.4 Å². The number of carbonyl (C=O) groups is 1. The van der Waals surface area contributed by atoms with Crippen LogP contribution in [0.5, 0.6) is 0 Å². The van der Waals surface area contributed by atoms with Crippen molar-refractivity contribution in [1.29, 1.82) is 0 Å². The first-order valence-electron chi connectivity index (χ1n) is 9.62. The van der Waals surface area contributed by atoms with Gasteiger partial charge in [-0.2, -0.15) is 0 Å². The van der Waals surface area contributed by atoms with Crippen molar-refractivity contribution >= 4 is 11.8 Å². The lowest BCUT2D eigenvalue weighted by Crippen LogP contribution is -2.51. The minimum Gasteiger partial charge on any atom is -0.465 e. The molecule has 1 aliphatic carbocycles. The van der Waals surface area contributed by atoms with Gasteiger partial charge in [0, 0.05) is 19.1 Å². The number of aliphatic hydroxyl groups excluding tert-OH is 1. The summed E-state index contributed by atoms with van der Waals surface area (Å²) in [5, 5.41) is 21.8. The summed E-state index contributed by atoms with van der Waals surface area (Å²) >= 11 is 0. The molecule has 3 rings (SSSR count). The molecule has 6 heteroatoms. The summed E-state index contributed by atoms with van der Waals surface area (Å²) < 4.78 is 14.4. The van der Waals surface area contributed by atoms with Gasteiger partial charge in [0.25, 0.3) is 0 Å². The molecule has 3 N–H and O–H groups in total. The van der Waals surface area contributed by atoms with Crippen molar-refractivity contribution in [3.8, 4) is 0 Å². The molecule has 1 saturated carbocycles. The van der Waals surface area contributed by atoms with Crippen LogP contribution >= 0.6 is 0 Å². The van der Waals surface area contributed by atoms with Crippen LogP contribution in [-0.2, 0) is 0 Å². The lowest BCUT2D eigenvalue weighted by molar-refractivity contribution is 0.0838. The van der Waals surface area contributed by atoms with Gasteiger partial charge in [0.15, 0.2) is 0 Å². The number of anilines is 1. The van der Waals surface area contributed by atoms with Gasteiger partial charge in [0.05, 0.1) is 11.8 Å². The molecular formula is C20H29FN2O3. The Morgan fingerprint density at radius 1 is 1.23 bits per heavy atom. The average molecular weight is 364 g/mol.